The molecule has 8 N–H and O–H groups in total. The van der Waals surface area contributed by atoms with Gasteiger partial charge in [-0.2, -0.15) is 0 Å². The number of carboxylic acids is 4. The molecule has 0 aromatic heterocycles. The summed E-state index contributed by atoms with van der Waals surface area (Å²) in [7, 11) is 0. The lowest BCUT2D eigenvalue weighted by atomic mass is 9.98. The molecule has 22 heavy (non-hydrogen) atoms. The van der Waals surface area contributed by atoms with Crippen LogP contribution in [0.3, 0.4) is 0 Å². The van der Waals surface area contributed by atoms with Crippen LogP contribution >= 0.6 is 0 Å². The first-order valence-corrected chi connectivity index (χ1v) is 6.45. The summed E-state index contributed by atoms with van der Waals surface area (Å²) in [6.07, 6.45) is 0.424. The van der Waals surface area contributed by atoms with Gasteiger partial charge in [0.05, 0.1) is 5.92 Å². The number of nitrogens with two attached hydrogens (primary N) is 2. The van der Waals surface area contributed by atoms with E-state index in [0.29, 0.717) is 6.42 Å². The molecular weight excluding hydrogens is 300 g/mol. The summed E-state index contributed by atoms with van der Waals surface area (Å²) in [6, 6.07) is -1.06. The summed E-state index contributed by atoms with van der Waals surface area (Å²) in [4.78, 5) is 40.9. The zero-order valence-corrected chi connectivity index (χ0v) is 11.8. The van der Waals surface area contributed by atoms with Crippen LogP contribution in [0.1, 0.15) is 32.1 Å². The lowest BCUT2D eigenvalue weighted by Crippen LogP contribution is -2.45. The van der Waals surface area contributed by atoms with Crippen molar-refractivity contribution in [3.63, 3.8) is 0 Å². The van der Waals surface area contributed by atoms with Crippen molar-refractivity contribution in [1.82, 2.24) is 0 Å². The van der Waals surface area contributed by atoms with Crippen LogP contribution in [0.2, 0.25) is 0 Å². The maximum atomic E-state index is 10.6. The van der Waals surface area contributed by atoms with E-state index in [1.807, 2.05) is 0 Å². The molecule has 0 aromatic rings. The van der Waals surface area contributed by atoms with Gasteiger partial charge in [-0.15, -0.1) is 0 Å². The summed E-state index contributed by atoms with van der Waals surface area (Å²) in [6.45, 7) is 0. The van der Waals surface area contributed by atoms with Gasteiger partial charge in [0.15, 0.2) is 0 Å². The zero-order valence-electron chi connectivity index (χ0n) is 11.8. The van der Waals surface area contributed by atoms with Crippen molar-refractivity contribution in [2.45, 2.75) is 43.7 Å². The number of aliphatic carboxylic acids is 4. The van der Waals surface area contributed by atoms with Crippen molar-refractivity contribution < 1.29 is 39.6 Å². The van der Waals surface area contributed by atoms with Gasteiger partial charge in [0.25, 0.3) is 0 Å². The third kappa shape index (κ3) is 6.50. The van der Waals surface area contributed by atoms with Crippen LogP contribution in [0.25, 0.3) is 0 Å². The van der Waals surface area contributed by atoms with Crippen LogP contribution in [0.15, 0.2) is 0 Å². The van der Waals surface area contributed by atoms with Crippen LogP contribution in [0, 0.1) is 5.92 Å². The largest absolute Gasteiger partial charge is 0.481 e. The molecule has 126 valence electrons. The van der Waals surface area contributed by atoms with Gasteiger partial charge in [-0.1, -0.05) is 0 Å². The van der Waals surface area contributed by atoms with Crippen molar-refractivity contribution in [2.75, 3.05) is 0 Å². The Morgan fingerprint density at radius 2 is 1.68 bits per heavy atom. The SMILES string of the molecule is N[C@@H](CCC(=O)O)C(=O)O.N[C@@]1(C(=O)O)CC[C@@H](C(=O)O)C1. The molecule has 3 atom stereocenters. The van der Waals surface area contributed by atoms with E-state index in [0.717, 1.165) is 0 Å². The second kappa shape index (κ2) is 8.29. The smallest absolute Gasteiger partial charge is 0.323 e. The molecule has 1 rings (SSSR count). The van der Waals surface area contributed by atoms with Crippen LogP contribution < -0.4 is 11.5 Å². The standard InChI is InChI=1S/C7H11NO4.C5H9NO4/c8-7(6(11)12)2-1-4(3-7)5(9)10;6-3(5(9)10)1-2-4(7)8/h4H,1-3,8H2,(H,9,10)(H,11,12);3H,1-2,6H2,(H,7,8)(H,9,10)/t4-,7+;3-/m10/s1. The predicted molar refractivity (Wildman–Crippen MR) is 72.0 cm³/mol. The first-order chi connectivity index (χ1) is 9.99. The van der Waals surface area contributed by atoms with Crippen LogP contribution in [0.5, 0.6) is 0 Å². The van der Waals surface area contributed by atoms with Gasteiger partial charge in [-0.25, -0.2) is 0 Å². The highest BCUT2D eigenvalue weighted by Crippen LogP contribution is 2.32. The van der Waals surface area contributed by atoms with E-state index < -0.39 is 41.4 Å². The molecule has 0 radical (unpaired) electrons. The highest BCUT2D eigenvalue weighted by Gasteiger charge is 2.44. The fourth-order valence-corrected chi connectivity index (χ4v) is 1.88. The van der Waals surface area contributed by atoms with Gasteiger partial charge in [0, 0.05) is 6.42 Å². The molecule has 10 heteroatoms. The van der Waals surface area contributed by atoms with Crippen molar-refractivity contribution >= 4 is 23.9 Å². The van der Waals surface area contributed by atoms with Gasteiger partial charge in [-0.05, 0) is 25.7 Å². The molecule has 1 fully saturated rings. The minimum atomic E-state index is -1.32. The fraction of sp³-hybridized carbons (Fsp3) is 0.667. The lowest BCUT2D eigenvalue weighted by Gasteiger charge is -2.16. The molecule has 0 spiro atoms. The summed E-state index contributed by atoms with van der Waals surface area (Å²) in [5, 5.41) is 33.5. The fourth-order valence-electron chi connectivity index (χ4n) is 1.88. The molecular formula is C12H20N2O8. The highest BCUT2D eigenvalue weighted by atomic mass is 16.4. The third-order valence-corrected chi connectivity index (χ3v) is 3.31. The topological polar surface area (TPSA) is 201 Å². The summed E-state index contributed by atoms with van der Waals surface area (Å²) in [5.74, 6) is -4.85. The molecule has 0 unspecified atom stereocenters. The van der Waals surface area contributed by atoms with Crippen molar-refractivity contribution in [3.8, 4) is 0 Å². The van der Waals surface area contributed by atoms with E-state index >= 15 is 0 Å². The maximum Gasteiger partial charge on any atom is 0.323 e. The minimum absolute atomic E-state index is 0.0231. The van der Waals surface area contributed by atoms with Gasteiger partial charge >= 0.3 is 23.9 Å². The summed E-state index contributed by atoms with van der Waals surface area (Å²) >= 11 is 0. The van der Waals surface area contributed by atoms with E-state index in [1.165, 1.54) is 0 Å². The van der Waals surface area contributed by atoms with Gasteiger partial charge in [0.2, 0.25) is 0 Å². The monoisotopic (exact) mass is 320 g/mol. The molecule has 0 saturated heterocycles. The normalized spacial score (nSPS) is 24.7. The highest BCUT2D eigenvalue weighted by molar-refractivity contribution is 5.81. The summed E-state index contributed by atoms with van der Waals surface area (Å²) < 4.78 is 0. The van der Waals surface area contributed by atoms with Gasteiger partial charge < -0.3 is 31.9 Å². The van der Waals surface area contributed by atoms with Crippen molar-refractivity contribution in [3.05, 3.63) is 0 Å². The first kappa shape index (κ1) is 19.8. The van der Waals surface area contributed by atoms with Gasteiger partial charge in [0.1, 0.15) is 11.6 Å². The van der Waals surface area contributed by atoms with Crippen molar-refractivity contribution in [2.24, 2.45) is 17.4 Å². The first-order valence-electron chi connectivity index (χ1n) is 6.45. The number of carboxylic acid groups (broad SMARTS) is 4. The molecule has 1 aliphatic carbocycles. The second-order valence-electron chi connectivity index (χ2n) is 5.12. The average molecular weight is 320 g/mol. The van der Waals surface area contributed by atoms with E-state index in [-0.39, 0.29) is 25.7 Å². The van der Waals surface area contributed by atoms with E-state index in [2.05, 4.69) is 0 Å². The number of carbonyl (C=O) groups is 4. The van der Waals surface area contributed by atoms with E-state index in [4.69, 9.17) is 31.9 Å². The lowest BCUT2D eigenvalue weighted by molar-refractivity contribution is -0.144. The Labute approximate surface area is 125 Å². The summed E-state index contributed by atoms with van der Waals surface area (Å²) in [5.41, 5.74) is 9.15. The number of hydrogen-bond donors (Lipinski definition) is 6. The molecule has 0 bridgehead atoms. The Kier molecular flexibility index (Phi) is 7.46. The maximum absolute atomic E-state index is 10.6. The molecule has 1 saturated carbocycles. The quantitative estimate of drug-likeness (QED) is 0.349. The van der Waals surface area contributed by atoms with Crippen LogP contribution in [-0.2, 0) is 19.2 Å². The van der Waals surface area contributed by atoms with Crippen molar-refractivity contribution in [1.29, 1.82) is 0 Å². The average Bonchev–Trinajstić information content (AvgIpc) is 2.81. The molecule has 0 aliphatic heterocycles. The minimum Gasteiger partial charge on any atom is -0.481 e. The Bertz CT molecular complexity index is 452. The van der Waals surface area contributed by atoms with E-state index in [9.17, 15) is 19.2 Å². The van der Waals surface area contributed by atoms with Crippen LogP contribution in [-0.4, -0.2) is 55.9 Å². The second-order valence-corrected chi connectivity index (χ2v) is 5.12. The Morgan fingerprint density at radius 1 is 1.14 bits per heavy atom. The molecule has 1 aliphatic rings. The van der Waals surface area contributed by atoms with E-state index in [1.54, 1.807) is 0 Å². The molecule has 10 nitrogen and oxygen atoms in total. The molecule has 0 aromatic carbocycles. The Balaban J connectivity index is 0.000000409. The number of hydrogen-bond acceptors (Lipinski definition) is 6. The molecule has 0 amide bonds. The van der Waals surface area contributed by atoms with Crippen LogP contribution in [0.4, 0.5) is 0 Å². The Hall–Kier alpha value is -2.20. The third-order valence-electron chi connectivity index (χ3n) is 3.31. The predicted octanol–water partition coefficient (Wildman–Crippen LogP) is -1.08. The zero-order chi connectivity index (χ0) is 17.5. The molecule has 0 heterocycles. The Morgan fingerprint density at radius 3 is 1.95 bits per heavy atom. The van der Waals surface area contributed by atoms with Gasteiger partial charge in [-0.3, -0.25) is 19.2 Å². The number of rotatable bonds is 6.